The molecule has 1 fully saturated rings. The summed E-state index contributed by atoms with van der Waals surface area (Å²) in [5.41, 5.74) is 1.76. The van der Waals surface area contributed by atoms with E-state index in [9.17, 15) is 0 Å². The van der Waals surface area contributed by atoms with Gasteiger partial charge in [-0.1, -0.05) is 41.1 Å². The van der Waals surface area contributed by atoms with Crippen molar-refractivity contribution in [1.29, 1.82) is 0 Å². The molecule has 2 nitrogen and oxygen atoms in total. The molecule has 1 aliphatic rings. The zero-order valence-corrected chi connectivity index (χ0v) is 14.5. The van der Waals surface area contributed by atoms with Crippen molar-refractivity contribution in [3.8, 4) is 0 Å². The van der Waals surface area contributed by atoms with E-state index in [-0.39, 0.29) is 0 Å². The smallest absolute Gasteiger partial charge is 0.0343 e. The zero-order chi connectivity index (χ0) is 14.6. The van der Waals surface area contributed by atoms with Crippen LogP contribution in [0.5, 0.6) is 0 Å². The van der Waals surface area contributed by atoms with E-state index in [1.54, 1.807) is 0 Å². The van der Waals surface area contributed by atoms with Gasteiger partial charge in [0.2, 0.25) is 0 Å². The molecule has 1 N–H and O–H groups in total. The Labute approximate surface area is 132 Å². The Balaban J connectivity index is 2.01. The molecule has 1 heterocycles. The Morgan fingerprint density at radius 1 is 1.35 bits per heavy atom. The maximum absolute atomic E-state index is 3.69. The Hall–Kier alpha value is -0.380. The molecular formula is C17H27BrN2. The number of benzene rings is 1. The molecule has 0 aromatic heterocycles. The van der Waals surface area contributed by atoms with Crippen molar-refractivity contribution in [2.45, 2.75) is 51.6 Å². The van der Waals surface area contributed by atoms with Crippen LogP contribution in [-0.2, 0) is 0 Å². The quantitative estimate of drug-likeness (QED) is 0.828. The van der Waals surface area contributed by atoms with Crippen LogP contribution in [0.25, 0.3) is 0 Å². The minimum absolute atomic E-state index is 0.380. The average molecular weight is 339 g/mol. The zero-order valence-electron chi connectivity index (χ0n) is 13.0. The van der Waals surface area contributed by atoms with Crippen LogP contribution in [0.1, 0.15) is 51.6 Å². The number of hydrogen-bond acceptors (Lipinski definition) is 2. The van der Waals surface area contributed by atoms with Crippen molar-refractivity contribution < 1.29 is 0 Å². The summed E-state index contributed by atoms with van der Waals surface area (Å²) in [4.78, 5) is 2.65. The van der Waals surface area contributed by atoms with Gasteiger partial charge in [0, 0.05) is 22.6 Å². The van der Waals surface area contributed by atoms with Crippen molar-refractivity contribution in [3.63, 3.8) is 0 Å². The van der Waals surface area contributed by atoms with Crippen LogP contribution in [-0.4, -0.2) is 30.1 Å². The molecule has 3 heteroatoms. The summed E-state index contributed by atoms with van der Waals surface area (Å²) in [5, 5.41) is 3.63. The first-order valence-electron chi connectivity index (χ1n) is 7.77. The third kappa shape index (κ3) is 3.84. The first kappa shape index (κ1) is 16.0. The molecule has 1 saturated heterocycles. The second-order valence-electron chi connectivity index (χ2n) is 6.32. The highest BCUT2D eigenvalue weighted by atomic mass is 79.9. The van der Waals surface area contributed by atoms with Crippen LogP contribution >= 0.6 is 15.9 Å². The second-order valence-corrected chi connectivity index (χ2v) is 7.18. The van der Waals surface area contributed by atoms with E-state index in [1.807, 2.05) is 0 Å². The van der Waals surface area contributed by atoms with E-state index in [0.717, 1.165) is 6.54 Å². The Bertz CT molecular complexity index is 431. The van der Waals surface area contributed by atoms with Gasteiger partial charge in [-0.2, -0.15) is 0 Å². The predicted molar refractivity (Wildman–Crippen MR) is 90.1 cm³/mol. The lowest BCUT2D eigenvalue weighted by atomic mass is 10.00. The van der Waals surface area contributed by atoms with Gasteiger partial charge in [-0.05, 0) is 57.8 Å². The molecule has 2 rings (SSSR count). The molecule has 20 heavy (non-hydrogen) atoms. The van der Waals surface area contributed by atoms with Gasteiger partial charge in [0.15, 0.2) is 0 Å². The average Bonchev–Trinajstić information content (AvgIpc) is 2.74. The standard InChI is InChI=1S/C17H27BrN2/c1-4-19-16(14-8-5-6-9-15(14)18)10-13-20-12-7-11-17(20,2)3/h5-6,8-9,16,19H,4,7,10-13H2,1-3H3. The molecule has 0 radical (unpaired) electrons. The maximum atomic E-state index is 3.69. The predicted octanol–water partition coefficient (Wildman–Crippen LogP) is 4.36. The SMILES string of the molecule is CCNC(CCN1CCCC1(C)C)c1ccccc1Br. The maximum Gasteiger partial charge on any atom is 0.0343 e. The summed E-state index contributed by atoms with van der Waals surface area (Å²) in [5.74, 6) is 0. The first-order valence-corrected chi connectivity index (χ1v) is 8.57. The van der Waals surface area contributed by atoms with Gasteiger partial charge in [-0.25, -0.2) is 0 Å². The number of likely N-dealkylation sites (tertiary alicyclic amines) is 1. The minimum Gasteiger partial charge on any atom is -0.310 e. The molecule has 1 aliphatic heterocycles. The first-order chi connectivity index (χ1) is 9.54. The molecule has 1 atom stereocenters. The van der Waals surface area contributed by atoms with Crippen LogP contribution in [0.4, 0.5) is 0 Å². The number of halogens is 1. The van der Waals surface area contributed by atoms with Gasteiger partial charge in [-0.15, -0.1) is 0 Å². The summed E-state index contributed by atoms with van der Waals surface area (Å²) in [6.07, 6.45) is 3.84. The lowest BCUT2D eigenvalue weighted by Gasteiger charge is -2.33. The van der Waals surface area contributed by atoms with Gasteiger partial charge in [0.1, 0.15) is 0 Å². The summed E-state index contributed by atoms with van der Waals surface area (Å²) in [7, 11) is 0. The summed E-state index contributed by atoms with van der Waals surface area (Å²) >= 11 is 3.69. The largest absolute Gasteiger partial charge is 0.310 e. The van der Waals surface area contributed by atoms with Crippen LogP contribution in [0.15, 0.2) is 28.7 Å². The lowest BCUT2D eigenvalue weighted by molar-refractivity contribution is 0.166. The number of hydrogen-bond donors (Lipinski definition) is 1. The van der Waals surface area contributed by atoms with E-state index in [0.29, 0.717) is 11.6 Å². The van der Waals surface area contributed by atoms with Gasteiger partial charge in [-0.3, -0.25) is 4.90 Å². The fraction of sp³-hybridized carbons (Fsp3) is 0.647. The molecule has 1 aromatic rings. The highest BCUT2D eigenvalue weighted by molar-refractivity contribution is 9.10. The fourth-order valence-electron chi connectivity index (χ4n) is 3.23. The van der Waals surface area contributed by atoms with Gasteiger partial charge in [0.05, 0.1) is 0 Å². The third-order valence-electron chi connectivity index (χ3n) is 4.49. The van der Waals surface area contributed by atoms with Crippen LogP contribution in [0.3, 0.4) is 0 Å². The third-order valence-corrected chi connectivity index (χ3v) is 5.21. The van der Waals surface area contributed by atoms with Crippen molar-refractivity contribution >= 4 is 15.9 Å². The van der Waals surface area contributed by atoms with Gasteiger partial charge in [0.25, 0.3) is 0 Å². The highest BCUT2D eigenvalue weighted by Crippen LogP contribution is 2.31. The molecule has 0 aliphatic carbocycles. The van der Waals surface area contributed by atoms with Crippen molar-refractivity contribution in [2.75, 3.05) is 19.6 Å². The summed E-state index contributed by atoms with van der Waals surface area (Å²) in [6, 6.07) is 9.02. The molecule has 112 valence electrons. The number of rotatable bonds is 6. The Morgan fingerprint density at radius 3 is 2.70 bits per heavy atom. The van der Waals surface area contributed by atoms with Crippen LogP contribution < -0.4 is 5.32 Å². The Kier molecular flexibility index (Phi) is 5.65. The van der Waals surface area contributed by atoms with Gasteiger partial charge >= 0.3 is 0 Å². The second kappa shape index (κ2) is 7.06. The lowest BCUT2D eigenvalue weighted by Crippen LogP contribution is -2.40. The topological polar surface area (TPSA) is 15.3 Å². The van der Waals surface area contributed by atoms with E-state index >= 15 is 0 Å². The van der Waals surface area contributed by atoms with Crippen LogP contribution in [0.2, 0.25) is 0 Å². The fourth-order valence-corrected chi connectivity index (χ4v) is 3.80. The number of nitrogens with zero attached hydrogens (tertiary/aromatic N) is 1. The monoisotopic (exact) mass is 338 g/mol. The summed E-state index contributed by atoms with van der Waals surface area (Å²) in [6.45, 7) is 10.4. The highest BCUT2D eigenvalue weighted by Gasteiger charge is 2.31. The molecule has 0 saturated carbocycles. The van der Waals surface area contributed by atoms with Crippen molar-refractivity contribution in [3.05, 3.63) is 34.3 Å². The summed E-state index contributed by atoms with van der Waals surface area (Å²) < 4.78 is 1.21. The minimum atomic E-state index is 0.380. The van der Waals surface area contributed by atoms with E-state index in [2.05, 4.69) is 71.2 Å². The molecule has 0 spiro atoms. The van der Waals surface area contributed by atoms with E-state index < -0.39 is 0 Å². The molecule has 0 amide bonds. The van der Waals surface area contributed by atoms with Crippen molar-refractivity contribution in [2.24, 2.45) is 0 Å². The Morgan fingerprint density at radius 2 is 2.10 bits per heavy atom. The van der Waals surface area contributed by atoms with E-state index in [1.165, 1.54) is 42.4 Å². The normalized spacial score (nSPS) is 20.2. The molecule has 1 unspecified atom stereocenters. The van der Waals surface area contributed by atoms with E-state index in [4.69, 9.17) is 0 Å². The van der Waals surface area contributed by atoms with Crippen molar-refractivity contribution in [1.82, 2.24) is 10.2 Å². The number of nitrogens with one attached hydrogen (secondary N) is 1. The molecule has 1 aromatic carbocycles. The van der Waals surface area contributed by atoms with Gasteiger partial charge < -0.3 is 5.32 Å². The van der Waals surface area contributed by atoms with Crippen LogP contribution in [0, 0.1) is 0 Å². The molecule has 0 bridgehead atoms. The molecular weight excluding hydrogens is 312 g/mol.